The molecular formula is C13H9ClFNO2. The Morgan fingerprint density at radius 2 is 1.94 bits per heavy atom. The summed E-state index contributed by atoms with van der Waals surface area (Å²) in [6.45, 7) is 0. The Kier molecular flexibility index (Phi) is 3.48. The van der Waals surface area contributed by atoms with Crippen LogP contribution in [0.1, 0.15) is 10.4 Å². The molecule has 0 bridgehead atoms. The van der Waals surface area contributed by atoms with E-state index in [0.29, 0.717) is 0 Å². The van der Waals surface area contributed by atoms with E-state index in [4.69, 9.17) is 11.6 Å². The molecule has 0 spiro atoms. The summed E-state index contributed by atoms with van der Waals surface area (Å²) in [5.74, 6) is -1.24. The summed E-state index contributed by atoms with van der Waals surface area (Å²) >= 11 is 5.60. The summed E-state index contributed by atoms with van der Waals surface area (Å²) in [5.41, 5.74) is 0.227. The van der Waals surface area contributed by atoms with E-state index in [-0.39, 0.29) is 22.0 Å². The molecule has 2 rings (SSSR count). The second-order valence-corrected chi connectivity index (χ2v) is 4.01. The Hall–Kier alpha value is -2.07. The predicted octanol–water partition coefficient (Wildman–Crippen LogP) is 3.44. The third-order valence-corrected chi connectivity index (χ3v) is 2.60. The van der Waals surface area contributed by atoms with Crippen LogP contribution >= 0.6 is 11.6 Å². The van der Waals surface area contributed by atoms with Gasteiger partial charge in [-0.3, -0.25) is 4.79 Å². The molecule has 0 aliphatic carbocycles. The molecule has 0 heterocycles. The van der Waals surface area contributed by atoms with Crippen LogP contribution in [0.15, 0.2) is 42.5 Å². The number of hydrogen-bond acceptors (Lipinski definition) is 2. The maximum absolute atomic E-state index is 13.6. The van der Waals surface area contributed by atoms with Crippen LogP contribution in [0.3, 0.4) is 0 Å². The van der Waals surface area contributed by atoms with Crippen molar-refractivity contribution in [2.75, 3.05) is 5.32 Å². The molecule has 1 amide bonds. The number of aromatic hydroxyl groups is 1. The first-order chi connectivity index (χ1) is 8.58. The smallest absolute Gasteiger partial charge is 0.255 e. The summed E-state index contributed by atoms with van der Waals surface area (Å²) in [6, 6.07) is 10.1. The fourth-order valence-electron chi connectivity index (χ4n) is 1.44. The van der Waals surface area contributed by atoms with E-state index in [1.54, 1.807) is 0 Å². The molecule has 0 unspecified atom stereocenters. The van der Waals surface area contributed by atoms with Crippen molar-refractivity contribution >= 4 is 23.2 Å². The number of carbonyl (C=O) groups is 1. The highest BCUT2D eigenvalue weighted by molar-refractivity contribution is 6.31. The number of nitrogens with one attached hydrogen (secondary N) is 1. The van der Waals surface area contributed by atoms with Gasteiger partial charge in [-0.05, 0) is 30.3 Å². The standard InChI is InChI=1S/C13H9ClFNO2/c14-10-5-2-6-11(12(10)15)16-13(18)8-3-1-4-9(17)7-8/h1-7,17H,(H,16,18). The van der Waals surface area contributed by atoms with E-state index in [1.807, 2.05) is 0 Å². The van der Waals surface area contributed by atoms with Gasteiger partial charge >= 0.3 is 0 Å². The molecule has 0 aliphatic rings. The zero-order valence-corrected chi connectivity index (χ0v) is 9.91. The molecule has 0 aromatic heterocycles. The van der Waals surface area contributed by atoms with E-state index < -0.39 is 11.7 Å². The lowest BCUT2D eigenvalue weighted by atomic mass is 10.2. The van der Waals surface area contributed by atoms with Gasteiger partial charge in [-0.2, -0.15) is 0 Å². The van der Waals surface area contributed by atoms with Crippen LogP contribution in [-0.4, -0.2) is 11.0 Å². The monoisotopic (exact) mass is 265 g/mol. The average Bonchev–Trinajstić information content (AvgIpc) is 2.35. The number of phenols is 1. The maximum Gasteiger partial charge on any atom is 0.255 e. The molecule has 0 aliphatic heterocycles. The van der Waals surface area contributed by atoms with Crippen LogP contribution in [0.5, 0.6) is 5.75 Å². The summed E-state index contributed by atoms with van der Waals surface area (Å²) in [5, 5.41) is 11.6. The topological polar surface area (TPSA) is 49.3 Å². The Morgan fingerprint density at radius 3 is 2.67 bits per heavy atom. The van der Waals surface area contributed by atoms with Crippen LogP contribution in [0.2, 0.25) is 5.02 Å². The Bertz CT molecular complexity index is 601. The lowest BCUT2D eigenvalue weighted by Gasteiger charge is -2.07. The predicted molar refractivity (Wildman–Crippen MR) is 67.5 cm³/mol. The lowest BCUT2D eigenvalue weighted by molar-refractivity contribution is 0.102. The minimum absolute atomic E-state index is 0.00385. The Morgan fingerprint density at radius 1 is 1.22 bits per heavy atom. The molecule has 2 N–H and O–H groups in total. The van der Waals surface area contributed by atoms with E-state index >= 15 is 0 Å². The minimum atomic E-state index is -0.687. The minimum Gasteiger partial charge on any atom is -0.508 e. The number of carbonyl (C=O) groups excluding carboxylic acids is 1. The third kappa shape index (κ3) is 2.60. The highest BCUT2D eigenvalue weighted by Crippen LogP contribution is 2.22. The highest BCUT2D eigenvalue weighted by Gasteiger charge is 2.11. The van der Waals surface area contributed by atoms with Crippen molar-refractivity contribution in [3.8, 4) is 5.75 Å². The lowest BCUT2D eigenvalue weighted by Crippen LogP contribution is -2.12. The number of benzene rings is 2. The number of halogens is 2. The fourth-order valence-corrected chi connectivity index (χ4v) is 1.62. The quantitative estimate of drug-likeness (QED) is 0.874. The molecule has 2 aromatic carbocycles. The third-order valence-electron chi connectivity index (χ3n) is 2.31. The zero-order valence-electron chi connectivity index (χ0n) is 9.15. The van der Waals surface area contributed by atoms with Gasteiger partial charge in [0.15, 0.2) is 5.82 Å². The SMILES string of the molecule is O=C(Nc1cccc(Cl)c1F)c1cccc(O)c1. The first kappa shape index (κ1) is 12.4. The van der Waals surface area contributed by atoms with Gasteiger partial charge < -0.3 is 10.4 Å². The molecular weight excluding hydrogens is 257 g/mol. The van der Waals surface area contributed by atoms with Crippen LogP contribution in [0, 0.1) is 5.82 Å². The van der Waals surface area contributed by atoms with Crippen molar-refractivity contribution < 1.29 is 14.3 Å². The van der Waals surface area contributed by atoms with Crippen LogP contribution in [0.25, 0.3) is 0 Å². The maximum atomic E-state index is 13.6. The number of amides is 1. The van der Waals surface area contributed by atoms with E-state index in [0.717, 1.165) is 0 Å². The van der Waals surface area contributed by atoms with Gasteiger partial charge in [0.05, 0.1) is 10.7 Å². The number of phenolic OH excluding ortho intramolecular Hbond substituents is 1. The van der Waals surface area contributed by atoms with E-state index in [1.165, 1.54) is 42.5 Å². The fraction of sp³-hybridized carbons (Fsp3) is 0. The molecule has 5 heteroatoms. The van der Waals surface area contributed by atoms with E-state index in [9.17, 15) is 14.3 Å². The molecule has 92 valence electrons. The van der Waals surface area contributed by atoms with Crippen molar-refractivity contribution in [3.05, 3.63) is 58.9 Å². The summed E-state index contributed by atoms with van der Waals surface area (Å²) in [7, 11) is 0. The molecule has 3 nitrogen and oxygen atoms in total. The number of anilines is 1. The zero-order chi connectivity index (χ0) is 13.1. The second-order valence-electron chi connectivity index (χ2n) is 3.61. The van der Waals surface area contributed by atoms with Gasteiger partial charge in [-0.1, -0.05) is 23.7 Å². The molecule has 0 fully saturated rings. The van der Waals surface area contributed by atoms with Crippen LogP contribution in [0.4, 0.5) is 10.1 Å². The van der Waals surface area contributed by atoms with Crippen molar-refractivity contribution in [1.29, 1.82) is 0 Å². The summed E-state index contributed by atoms with van der Waals surface area (Å²) in [6.07, 6.45) is 0. The van der Waals surface area contributed by atoms with Gasteiger partial charge in [0, 0.05) is 5.56 Å². The average molecular weight is 266 g/mol. The number of rotatable bonds is 2. The Balaban J connectivity index is 2.24. The van der Waals surface area contributed by atoms with Gasteiger partial charge in [0.25, 0.3) is 5.91 Å². The molecule has 0 saturated carbocycles. The molecule has 18 heavy (non-hydrogen) atoms. The van der Waals surface area contributed by atoms with Gasteiger partial charge in [0.2, 0.25) is 0 Å². The van der Waals surface area contributed by atoms with E-state index in [2.05, 4.69) is 5.32 Å². The van der Waals surface area contributed by atoms with Gasteiger partial charge in [0.1, 0.15) is 5.75 Å². The van der Waals surface area contributed by atoms with Crippen LogP contribution < -0.4 is 5.32 Å². The summed E-state index contributed by atoms with van der Waals surface area (Å²) < 4.78 is 13.6. The highest BCUT2D eigenvalue weighted by atomic mass is 35.5. The molecule has 0 atom stereocenters. The summed E-state index contributed by atoms with van der Waals surface area (Å²) in [4.78, 5) is 11.8. The van der Waals surface area contributed by atoms with Crippen LogP contribution in [-0.2, 0) is 0 Å². The molecule has 0 saturated heterocycles. The first-order valence-corrected chi connectivity index (χ1v) is 5.50. The van der Waals surface area contributed by atoms with Crippen molar-refractivity contribution in [3.63, 3.8) is 0 Å². The van der Waals surface area contributed by atoms with Crippen molar-refractivity contribution in [1.82, 2.24) is 0 Å². The number of hydrogen-bond donors (Lipinski definition) is 2. The molecule has 2 aromatic rings. The normalized spacial score (nSPS) is 10.1. The van der Waals surface area contributed by atoms with Crippen molar-refractivity contribution in [2.45, 2.75) is 0 Å². The second kappa shape index (κ2) is 5.06. The first-order valence-electron chi connectivity index (χ1n) is 5.12. The Labute approximate surface area is 108 Å². The van der Waals surface area contributed by atoms with Crippen molar-refractivity contribution in [2.24, 2.45) is 0 Å². The van der Waals surface area contributed by atoms with Gasteiger partial charge in [-0.15, -0.1) is 0 Å². The molecule has 0 radical (unpaired) electrons. The van der Waals surface area contributed by atoms with Gasteiger partial charge in [-0.25, -0.2) is 4.39 Å². The largest absolute Gasteiger partial charge is 0.508 e.